The van der Waals surface area contributed by atoms with Crippen LogP contribution in [0.5, 0.6) is 0 Å². The van der Waals surface area contributed by atoms with E-state index in [1.165, 1.54) is 13.8 Å². The van der Waals surface area contributed by atoms with Gasteiger partial charge in [-0.1, -0.05) is 70.9 Å². The normalized spacial score (nSPS) is 14.9. The summed E-state index contributed by atoms with van der Waals surface area (Å²) in [6.45, 7) is 10.7. The number of rotatable bonds is 43. The molecule has 1 aromatic rings. The summed E-state index contributed by atoms with van der Waals surface area (Å²) in [5, 5.41) is 64.2. The van der Waals surface area contributed by atoms with E-state index < -0.39 is 168 Å². The number of amides is 11. The molecule has 24 N–H and O–H groups in total. The topological polar surface area (TPSA) is 559 Å². The van der Waals surface area contributed by atoms with Crippen LogP contribution < -0.4 is 86.7 Å². The smallest absolute Gasteiger partial charge is 0.305 e. The van der Waals surface area contributed by atoms with E-state index in [0.717, 1.165) is 6.92 Å². The maximum atomic E-state index is 14.2. The van der Waals surface area contributed by atoms with Gasteiger partial charge in [-0.2, -0.15) is 0 Å². The van der Waals surface area contributed by atoms with E-state index in [2.05, 4.69) is 63.8 Å². The molecular weight excluding hydrogens is 1160 g/mol. The highest BCUT2D eigenvalue weighted by Gasteiger charge is 2.37. The molecule has 11 amide bonds. The molecule has 1 aromatic carbocycles. The molecule has 0 heterocycles. The number of carbonyl (C=O) groups is 13. The average Bonchev–Trinajstić information content (AvgIpc) is 2.12. The van der Waals surface area contributed by atoms with Gasteiger partial charge in [-0.3, -0.25) is 73.1 Å². The van der Waals surface area contributed by atoms with Crippen molar-refractivity contribution < 1.29 is 72.5 Å². The minimum Gasteiger partial charge on any atom is -0.481 e. The van der Waals surface area contributed by atoms with Gasteiger partial charge < -0.3 is 96.9 Å². The second kappa shape index (κ2) is 41.1. The third-order valence-electron chi connectivity index (χ3n) is 14.2. The number of carbonyl (C=O) groups excluding carboxylic acids is 11. The molecule has 0 saturated heterocycles. The molecule has 0 radical (unpaired) electrons. The first-order valence-corrected chi connectivity index (χ1v) is 29.5. The molecule has 0 aliphatic carbocycles. The van der Waals surface area contributed by atoms with E-state index >= 15 is 0 Å². The van der Waals surface area contributed by atoms with Crippen LogP contribution in [0.3, 0.4) is 0 Å². The summed E-state index contributed by atoms with van der Waals surface area (Å²) in [4.78, 5) is 173. The summed E-state index contributed by atoms with van der Waals surface area (Å²) < 4.78 is 0. The second-order valence-electron chi connectivity index (χ2n) is 21.6. The van der Waals surface area contributed by atoms with Crippen molar-refractivity contribution in [3.8, 4) is 0 Å². The number of benzene rings is 1. The first kappa shape index (κ1) is 77.8. The first-order chi connectivity index (χ1) is 41.8. The van der Waals surface area contributed by atoms with Crippen molar-refractivity contribution in [2.24, 2.45) is 34.8 Å². The zero-order valence-corrected chi connectivity index (χ0v) is 51.6. The number of primary amides is 1. The number of carboxylic acid groups (broad SMARTS) is 2. The Labute approximate surface area is 517 Å². The van der Waals surface area contributed by atoms with Gasteiger partial charge in [-0.15, -0.1) is 0 Å². The van der Waals surface area contributed by atoms with Gasteiger partial charge in [-0.25, -0.2) is 0 Å². The summed E-state index contributed by atoms with van der Waals surface area (Å²) in [6.07, 6.45) is -0.558. The Morgan fingerprint density at radius 1 is 0.461 bits per heavy atom. The summed E-state index contributed by atoms with van der Waals surface area (Å²) in [6, 6.07) is -5.64. The van der Waals surface area contributed by atoms with Crippen LogP contribution in [-0.4, -0.2) is 179 Å². The van der Waals surface area contributed by atoms with Crippen LogP contribution in [0.4, 0.5) is 0 Å². The maximum Gasteiger partial charge on any atom is 0.305 e. The van der Waals surface area contributed by atoms with Crippen molar-refractivity contribution in [3.05, 3.63) is 35.9 Å². The number of nitrogens with one attached hydrogen (secondary N) is 14. The molecule has 12 atom stereocenters. The van der Waals surface area contributed by atoms with Crippen LogP contribution in [0.25, 0.3) is 0 Å². The summed E-state index contributed by atoms with van der Waals surface area (Å²) in [7, 11) is 0. The zero-order chi connectivity index (χ0) is 67.5. The average molecular weight is 1260 g/mol. The van der Waals surface area contributed by atoms with Crippen LogP contribution in [0, 0.1) is 22.7 Å². The van der Waals surface area contributed by atoms with Crippen LogP contribution in [0.15, 0.2) is 30.3 Å². The van der Waals surface area contributed by atoms with Gasteiger partial charge in [0, 0.05) is 32.9 Å². The van der Waals surface area contributed by atoms with Gasteiger partial charge in [-0.05, 0) is 89.2 Å². The fourth-order valence-corrected chi connectivity index (χ4v) is 8.68. The van der Waals surface area contributed by atoms with Crippen LogP contribution in [0.1, 0.15) is 131 Å². The lowest BCUT2D eigenvalue weighted by atomic mass is 9.95. The molecule has 33 heteroatoms. The molecule has 0 saturated carbocycles. The monoisotopic (exact) mass is 1260 g/mol. The Hall–Kier alpha value is -9.17. The second-order valence-corrected chi connectivity index (χ2v) is 21.6. The van der Waals surface area contributed by atoms with Crippen molar-refractivity contribution >= 4 is 88.8 Å². The van der Waals surface area contributed by atoms with Gasteiger partial charge in [0.2, 0.25) is 65.0 Å². The molecule has 0 aliphatic rings. The highest BCUT2D eigenvalue weighted by molar-refractivity contribution is 5.99. The van der Waals surface area contributed by atoms with Gasteiger partial charge >= 0.3 is 11.9 Å². The van der Waals surface area contributed by atoms with Crippen LogP contribution in [0.2, 0.25) is 0 Å². The van der Waals surface area contributed by atoms with Crippen molar-refractivity contribution in [2.45, 2.75) is 192 Å². The van der Waals surface area contributed by atoms with Crippen molar-refractivity contribution in [1.82, 2.24) is 63.8 Å². The van der Waals surface area contributed by atoms with Gasteiger partial charge in [0.05, 0.1) is 6.42 Å². The molecular formula is C56H94N18O15. The number of nitrogens with two attached hydrogens (primary N) is 4. The number of hydrogen-bond acceptors (Lipinski definition) is 16. The lowest BCUT2D eigenvalue weighted by Crippen LogP contribution is -2.61. The molecule has 0 aromatic heterocycles. The minimum absolute atomic E-state index is 0.0191. The van der Waals surface area contributed by atoms with Gasteiger partial charge in [0.25, 0.3) is 0 Å². The van der Waals surface area contributed by atoms with Crippen molar-refractivity contribution in [2.75, 3.05) is 19.6 Å². The number of aliphatic carboxylic acids is 2. The third-order valence-corrected chi connectivity index (χ3v) is 14.2. The van der Waals surface area contributed by atoms with E-state index in [0.29, 0.717) is 24.8 Å². The molecule has 1 rings (SSSR count). The standard InChI is InChI=1S/C56H94N18O15/c1-8-29(3)43(45(58)80)73-52(87)39(27-34-17-11-10-12-18-34)72-54(89)44(30(4)9-2)74-53(88)40(28-42(78)79)71-47(82)32(6)65-46(81)31(5)66-48(83)36(20-15-25-63-55(59)60)69-50(85)37(21-16-26-64-56(61)62)70-49(84)35(19-13-14-24-57)68-51(86)38(67-33(7)75)22-23-41(76)77/h10-12,17-18,29-32,35-40,43-44H,8-9,13-16,19-28,57H2,1-7H3,(H2,58,80)(H,65,81)(H,66,83)(H,67,75)(H,68,86)(H,69,85)(H,70,84)(H,71,82)(H,72,89)(H,73,87)(H,74,88)(H,76,77)(H,78,79)(H4,59,60,63)(H4,61,62,64)/t29-,30-,31-,32-,35-,36-,37-,38-,39-,40-,43-,44-/m0/s1. The summed E-state index contributed by atoms with van der Waals surface area (Å²) >= 11 is 0. The fourth-order valence-electron chi connectivity index (χ4n) is 8.68. The SMILES string of the molecule is CC[C@H](C)[C@H](NC(=O)[C@H](Cc1ccccc1)NC(=O)[C@@H](NC(=O)[C@H](CC(=O)O)NC(=O)[C@H](C)NC(=O)[C@H](C)NC(=O)[C@H](CCCNC(=N)N)NC(=O)[C@H](CCCNC(=N)N)NC(=O)[C@H](CCCCN)NC(=O)[C@H](CCC(=O)O)NC(C)=O)[C@@H](C)CC)C(N)=O. The first-order valence-electron chi connectivity index (χ1n) is 29.5. The Kier molecular flexibility index (Phi) is 35.9. The van der Waals surface area contributed by atoms with Crippen LogP contribution >= 0.6 is 0 Å². The highest BCUT2D eigenvalue weighted by atomic mass is 16.4. The van der Waals surface area contributed by atoms with Crippen molar-refractivity contribution in [1.29, 1.82) is 10.8 Å². The molecule has 0 spiro atoms. The predicted molar refractivity (Wildman–Crippen MR) is 325 cm³/mol. The zero-order valence-electron chi connectivity index (χ0n) is 51.6. The lowest BCUT2D eigenvalue weighted by Gasteiger charge is -2.29. The highest BCUT2D eigenvalue weighted by Crippen LogP contribution is 2.14. The van der Waals surface area contributed by atoms with Crippen LogP contribution in [-0.2, 0) is 68.7 Å². The molecule has 33 nitrogen and oxygen atoms in total. The quantitative estimate of drug-likeness (QED) is 0.0167. The third kappa shape index (κ3) is 30.8. The molecule has 0 fully saturated rings. The maximum absolute atomic E-state index is 14.2. The molecule has 0 bridgehead atoms. The Morgan fingerprint density at radius 2 is 0.854 bits per heavy atom. The Balaban J connectivity index is 3.46. The fraction of sp³-hybridized carbons (Fsp3) is 0.625. The minimum atomic E-state index is -1.84. The van der Waals surface area contributed by atoms with E-state index in [4.69, 9.17) is 33.8 Å². The molecule has 89 heavy (non-hydrogen) atoms. The Morgan fingerprint density at radius 3 is 1.29 bits per heavy atom. The molecule has 498 valence electrons. The van der Waals surface area contributed by atoms with E-state index in [1.54, 1.807) is 58.0 Å². The number of unbranched alkanes of at least 4 members (excludes halogenated alkanes) is 1. The number of carboxylic acids is 2. The summed E-state index contributed by atoms with van der Waals surface area (Å²) in [5.41, 5.74) is 22.8. The van der Waals surface area contributed by atoms with E-state index in [-0.39, 0.29) is 76.9 Å². The molecule has 0 aliphatic heterocycles. The van der Waals surface area contributed by atoms with Gasteiger partial charge in [0.1, 0.15) is 60.4 Å². The predicted octanol–water partition coefficient (Wildman–Crippen LogP) is -4.29. The van der Waals surface area contributed by atoms with Gasteiger partial charge in [0.15, 0.2) is 11.9 Å². The van der Waals surface area contributed by atoms with E-state index in [9.17, 15) is 72.5 Å². The Bertz CT molecular complexity index is 2600. The number of guanidine groups is 2. The lowest BCUT2D eigenvalue weighted by molar-refractivity contribution is -0.142. The van der Waals surface area contributed by atoms with E-state index in [1.807, 2.05) is 0 Å². The molecule has 0 unspecified atom stereocenters. The summed E-state index contributed by atoms with van der Waals surface area (Å²) in [5.74, 6) is -14.5. The van der Waals surface area contributed by atoms with Crippen molar-refractivity contribution in [3.63, 3.8) is 0 Å². The number of hydrogen-bond donors (Lipinski definition) is 20. The largest absolute Gasteiger partial charge is 0.481 e.